The van der Waals surface area contributed by atoms with Crippen molar-refractivity contribution in [1.82, 2.24) is 14.9 Å². The number of carbonyl (C=O) groups excluding carboxylic acids is 1. The zero-order valence-corrected chi connectivity index (χ0v) is 14.9. The molecule has 0 radical (unpaired) electrons. The smallest absolute Gasteiger partial charge is 0.410 e. The van der Waals surface area contributed by atoms with Crippen LogP contribution in [0.4, 0.5) is 10.6 Å². The summed E-state index contributed by atoms with van der Waals surface area (Å²) in [5.74, 6) is 0.852. The van der Waals surface area contributed by atoms with Crippen molar-refractivity contribution in [3.8, 4) is 0 Å². The molecule has 0 bridgehead atoms. The van der Waals surface area contributed by atoms with E-state index < -0.39 is 5.60 Å². The first kappa shape index (κ1) is 16.3. The lowest BCUT2D eigenvalue weighted by atomic mass is 9.79. The summed E-state index contributed by atoms with van der Waals surface area (Å²) in [5.41, 5.74) is 0.581. The normalized spacial score (nSPS) is 19.9. The summed E-state index contributed by atoms with van der Waals surface area (Å²) in [6, 6.07) is 0. The van der Waals surface area contributed by atoms with Crippen LogP contribution in [-0.2, 0) is 4.74 Å². The largest absolute Gasteiger partial charge is 0.444 e. The Bertz CT molecular complexity index is 623. The molecule has 0 aliphatic carbocycles. The molecule has 2 saturated heterocycles. The van der Waals surface area contributed by atoms with E-state index in [1.807, 2.05) is 27.7 Å². The molecule has 0 atom stereocenters. The van der Waals surface area contributed by atoms with Crippen LogP contribution >= 0.6 is 11.6 Å². The second-order valence-electron chi connectivity index (χ2n) is 7.61. The first-order valence-electron chi connectivity index (χ1n) is 7.90. The molecule has 3 heterocycles. The van der Waals surface area contributed by atoms with E-state index in [9.17, 15) is 4.79 Å². The third-order valence-corrected chi connectivity index (χ3v) is 4.53. The van der Waals surface area contributed by atoms with Crippen LogP contribution in [0.3, 0.4) is 0 Å². The van der Waals surface area contributed by atoms with E-state index in [-0.39, 0.29) is 11.5 Å². The number of amides is 1. The maximum atomic E-state index is 12.1. The van der Waals surface area contributed by atoms with Crippen LogP contribution < -0.4 is 4.90 Å². The molecule has 6 nitrogen and oxygen atoms in total. The number of hydrogen-bond donors (Lipinski definition) is 0. The summed E-state index contributed by atoms with van der Waals surface area (Å²) in [7, 11) is 0. The number of ether oxygens (including phenoxy) is 1. The van der Waals surface area contributed by atoms with Gasteiger partial charge in [-0.15, -0.1) is 0 Å². The van der Waals surface area contributed by atoms with Crippen LogP contribution in [-0.4, -0.2) is 52.7 Å². The molecular weight excluding hydrogens is 316 g/mol. The molecule has 0 unspecified atom stereocenters. The summed E-state index contributed by atoms with van der Waals surface area (Å²) < 4.78 is 5.42. The average Bonchev–Trinajstić information content (AvgIpc) is 2.83. The highest BCUT2D eigenvalue weighted by atomic mass is 35.5. The zero-order valence-electron chi connectivity index (χ0n) is 14.1. The summed E-state index contributed by atoms with van der Waals surface area (Å²) >= 11 is 5.97. The number of likely N-dealkylation sites (tertiary alicyclic amines) is 1. The van der Waals surface area contributed by atoms with Crippen molar-refractivity contribution in [3.63, 3.8) is 0 Å². The monoisotopic (exact) mass is 338 g/mol. The van der Waals surface area contributed by atoms with Crippen molar-refractivity contribution in [2.45, 2.75) is 39.7 Å². The molecule has 23 heavy (non-hydrogen) atoms. The van der Waals surface area contributed by atoms with Gasteiger partial charge in [-0.25, -0.2) is 9.78 Å². The molecule has 0 N–H and O–H groups in total. The van der Waals surface area contributed by atoms with Crippen LogP contribution in [0.15, 0.2) is 6.20 Å². The number of anilines is 1. The maximum Gasteiger partial charge on any atom is 0.410 e. The Hall–Kier alpha value is -1.56. The summed E-state index contributed by atoms with van der Waals surface area (Å²) in [6.45, 7) is 10.9. The highest BCUT2D eigenvalue weighted by Gasteiger charge is 2.50. The van der Waals surface area contributed by atoms with Crippen molar-refractivity contribution in [3.05, 3.63) is 17.0 Å². The van der Waals surface area contributed by atoms with Gasteiger partial charge in [0.05, 0.1) is 11.9 Å². The minimum absolute atomic E-state index is 0.146. The van der Waals surface area contributed by atoms with Gasteiger partial charge >= 0.3 is 6.09 Å². The minimum Gasteiger partial charge on any atom is -0.444 e. The van der Waals surface area contributed by atoms with Crippen LogP contribution in [0.2, 0.25) is 5.15 Å². The third-order valence-electron chi connectivity index (χ3n) is 4.34. The van der Waals surface area contributed by atoms with E-state index in [2.05, 4.69) is 14.9 Å². The highest BCUT2D eigenvalue weighted by Crippen LogP contribution is 2.41. The minimum atomic E-state index is -0.449. The summed E-state index contributed by atoms with van der Waals surface area (Å²) in [5, 5.41) is 0.413. The standard InChI is InChI=1S/C16H23ClN4O2/c1-11-13(19-12(17)7-18-11)20-6-5-16(8-20)9-21(10-16)14(22)23-15(2,3)4/h7H,5-6,8-10H2,1-4H3. The molecule has 1 aromatic rings. The lowest BCUT2D eigenvalue weighted by Gasteiger charge is -2.47. The number of rotatable bonds is 1. The van der Waals surface area contributed by atoms with Crippen molar-refractivity contribution in [2.24, 2.45) is 5.41 Å². The van der Waals surface area contributed by atoms with Gasteiger partial charge in [-0.2, -0.15) is 0 Å². The number of aromatic nitrogens is 2. The van der Waals surface area contributed by atoms with Gasteiger partial charge in [0.1, 0.15) is 10.8 Å². The van der Waals surface area contributed by atoms with Gasteiger partial charge in [0.2, 0.25) is 0 Å². The molecule has 2 fully saturated rings. The second-order valence-corrected chi connectivity index (χ2v) is 8.00. The second kappa shape index (κ2) is 5.51. The molecule has 1 aromatic heterocycles. The van der Waals surface area contributed by atoms with E-state index in [1.54, 1.807) is 11.1 Å². The topological polar surface area (TPSA) is 58.6 Å². The van der Waals surface area contributed by atoms with E-state index in [0.29, 0.717) is 5.15 Å². The number of nitrogens with zero attached hydrogens (tertiary/aromatic N) is 4. The van der Waals surface area contributed by atoms with Crippen LogP contribution in [0, 0.1) is 12.3 Å². The van der Waals surface area contributed by atoms with Crippen molar-refractivity contribution in [2.75, 3.05) is 31.1 Å². The van der Waals surface area contributed by atoms with Gasteiger partial charge in [-0.05, 0) is 34.1 Å². The highest BCUT2D eigenvalue weighted by molar-refractivity contribution is 6.29. The SMILES string of the molecule is Cc1ncc(Cl)nc1N1CCC2(CN(C(=O)OC(C)(C)C)C2)C1. The molecule has 3 rings (SSSR count). The number of carbonyl (C=O) groups is 1. The molecule has 0 saturated carbocycles. The molecule has 1 spiro atoms. The Morgan fingerprint density at radius 2 is 2.04 bits per heavy atom. The van der Waals surface area contributed by atoms with E-state index in [4.69, 9.17) is 16.3 Å². The Balaban J connectivity index is 1.61. The Kier molecular flexibility index (Phi) is 3.91. The van der Waals surface area contributed by atoms with Gasteiger partial charge in [-0.3, -0.25) is 4.98 Å². The van der Waals surface area contributed by atoms with Crippen molar-refractivity contribution < 1.29 is 9.53 Å². The Labute approximate surface area is 141 Å². The van der Waals surface area contributed by atoms with Crippen molar-refractivity contribution >= 4 is 23.5 Å². The first-order valence-corrected chi connectivity index (χ1v) is 8.27. The van der Waals surface area contributed by atoms with Gasteiger partial charge in [0.15, 0.2) is 5.82 Å². The van der Waals surface area contributed by atoms with E-state index >= 15 is 0 Å². The lowest BCUT2D eigenvalue weighted by Crippen LogP contribution is -2.60. The Morgan fingerprint density at radius 1 is 1.35 bits per heavy atom. The fourth-order valence-corrected chi connectivity index (χ4v) is 3.44. The van der Waals surface area contributed by atoms with Gasteiger partial charge in [-0.1, -0.05) is 11.6 Å². The Morgan fingerprint density at radius 3 is 2.70 bits per heavy atom. The van der Waals surface area contributed by atoms with E-state index in [0.717, 1.165) is 44.1 Å². The molecule has 1 amide bonds. The van der Waals surface area contributed by atoms with Gasteiger partial charge in [0, 0.05) is 31.6 Å². The predicted octanol–water partition coefficient (Wildman–Crippen LogP) is 2.89. The fourth-order valence-electron chi connectivity index (χ4n) is 3.31. The molecular formula is C16H23ClN4O2. The lowest BCUT2D eigenvalue weighted by molar-refractivity contribution is -0.0266. The first-order chi connectivity index (χ1) is 10.7. The molecule has 126 valence electrons. The molecule has 2 aliphatic heterocycles. The van der Waals surface area contributed by atoms with E-state index in [1.165, 1.54) is 0 Å². The summed E-state index contributed by atoms with van der Waals surface area (Å²) in [6.07, 6.45) is 2.39. The van der Waals surface area contributed by atoms with Crippen LogP contribution in [0.25, 0.3) is 0 Å². The maximum absolute atomic E-state index is 12.1. The summed E-state index contributed by atoms with van der Waals surface area (Å²) in [4.78, 5) is 24.8. The number of aryl methyl sites for hydroxylation is 1. The third kappa shape index (κ3) is 3.37. The molecule has 7 heteroatoms. The number of hydrogen-bond acceptors (Lipinski definition) is 5. The zero-order chi connectivity index (χ0) is 16.8. The fraction of sp³-hybridized carbons (Fsp3) is 0.688. The molecule has 2 aliphatic rings. The average molecular weight is 339 g/mol. The molecule has 0 aromatic carbocycles. The van der Waals surface area contributed by atoms with Crippen molar-refractivity contribution in [1.29, 1.82) is 0 Å². The van der Waals surface area contributed by atoms with Gasteiger partial charge in [0.25, 0.3) is 0 Å². The van der Waals surface area contributed by atoms with Crippen LogP contribution in [0.5, 0.6) is 0 Å². The predicted molar refractivity (Wildman–Crippen MR) is 88.8 cm³/mol. The van der Waals surface area contributed by atoms with Crippen LogP contribution in [0.1, 0.15) is 32.9 Å². The quantitative estimate of drug-likeness (QED) is 0.788. The van der Waals surface area contributed by atoms with Gasteiger partial charge < -0.3 is 14.5 Å². The number of halogens is 1.